The molecule has 0 saturated carbocycles. The minimum Gasteiger partial charge on any atom is -0.495 e. The number of carboxylic acid groups (broad SMARTS) is 1. The van der Waals surface area contributed by atoms with Gasteiger partial charge in [0.2, 0.25) is 0 Å². The molecule has 4 nitrogen and oxygen atoms in total. The second-order valence-electron chi connectivity index (χ2n) is 5.55. The summed E-state index contributed by atoms with van der Waals surface area (Å²) in [7, 11) is 1.64. The lowest BCUT2D eigenvalue weighted by Gasteiger charge is -2.22. The van der Waals surface area contributed by atoms with Crippen molar-refractivity contribution in [3.8, 4) is 5.75 Å². The quantitative estimate of drug-likeness (QED) is 0.888. The number of aliphatic carboxylic acids is 1. The Labute approximate surface area is 112 Å². The summed E-state index contributed by atoms with van der Waals surface area (Å²) in [5.74, 6) is -0.00802. The number of aromatic amines is 1. The van der Waals surface area contributed by atoms with Gasteiger partial charge in [-0.15, -0.1) is 0 Å². The fourth-order valence-electron chi connectivity index (χ4n) is 2.53. The third-order valence-corrected chi connectivity index (χ3v) is 3.44. The van der Waals surface area contributed by atoms with Gasteiger partial charge < -0.3 is 14.8 Å². The van der Waals surface area contributed by atoms with E-state index >= 15 is 0 Å². The molecule has 0 fully saturated rings. The van der Waals surface area contributed by atoms with E-state index in [1.54, 1.807) is 7.11 Å². The number of hydrogen-bond acceptors (Lipinski definition) is 2. The Kier molecular flexibility index (Phi) is 3.27. The van der Waals surface area contributed by atoms with E-state index < -0.39 is 11.4 Å². The molecule has 0 radical (unpaired) electrons. The van der Waals surface area contributed by atoms with Crippen LogP contribution in [0.15, 0.2) is 18.3 Å². The van der Waals surface area contributed by atoms with Crippen molar-refractivity contribution in [2.75, 3.05) is 7.11 Å². The predicted molar refractivity (Wildman–Crippen MR) is 74.9 cm³/mol. The largest absolute Gasteiger partial charge is 0.495 e. The molecule has 2 N–H and O–H groups in total. The van der Waals surface area contributed by atoms with Gasteiger partial charge in [0.15, 0.2) is 0 Å². The second-order valence-corrected chi connectivity index (χ2v) is 5.55. The van der Waals surface area contributed by atoms with E-state index in [-0.39, 0.29) is 6.42 Å². The number of fused-ring (bicyclic) bond motifs is 1. The number of nitrogens with one attached hydrogen (secondary N) is 1. The van der Waals surface area contributed by atoms with Crippen LogP contribution in [0, 0.1) is 6.92 Å². The maximum Gasteiger partial charge on any atom is 0.304 e. The van der Waals surface area contributed by atoms with Crippen LogP contribution in [0.5, 0.6) is 5.75 Å². The number of ether oxygens (including phenoxy) is 1. The number of benzene rings is 1. The van der Waals surface area contributed by atoms with Crippen LogP contribution in [0.1, 0.15) is 31.4 Å². The number of H-pyrrole nitrogens is 1. The first-order chi connectivity index (χ1) is 8.85. The lowest BCUT2D eigenvalue weighted by atomic mass is 9.81. The van der Waals surface area contributed by atoms with Crippen molar-refractivity contribution in [2.24, 2.45) is 0 Å². The molecule has 2 aromatic rings. The van der Waals surface area contributed by atoms with Crippen LogP contribution in [0.4, 0.5) is 0 Å². The zero-order chi connectivity index (χ0) is 14.2. The summed E-state index contributed by atoms with van der Waals surface area (Å²) in [6.45, 7) is 5.89. The van der Waals surface area contributed by atoms with E-state index in [1.807, 2.05) is 33.0 Å². The van der Waals surface area contributed by atoms with Gasteiger partial charge in [-0.3, -0.25) is 4.79 Å². The molecule has 0 aliphatic rings. The van der Waals surface area contributed by atoms with Gasteiger partial charge in [-0.1, -0.05) is 13.8 Å². The van der Waals surface area contributed by atoms with E-state index in [2.05, 4.69) is 11.1 Å². The summed E-state index contributed by atoms with van der Waals surface area (Å²) in [5.41, 5.74) is 2.59. The van der Waals surface area contributed by atoms with Crippen LogP contribution in [-0.4, -0.2) is 23.2 Å². The topological polar surface area (TPSA) is 62.3 Å². The summed E-state index contributed by atoms with van der Waals surface area (Å²) < 4.78 is 5.37. The van der Waals surface area contributed by atoms with E-state index in [1.165, 1.54) is 0 Å². The van der Waals surface area contributed by atoms with Crippen LogP contribution in [-0.2, 0) is 10.2 Å². The average Bonchev–Trinajstić information content (AvgIpc) is 2.70. The Bertz CT molecular complexity index is 626. The van der Waals surface area contributed by atoms with Crippen LogP contribution < -0.4 is 4.74 Å². The Balaban J connectivity index is 2.62. The Morgan fingerprint density at radius 2 is 2.11 bits per heavy atom. The van der Waals surface area contributed by atoms with Gasteiger partial charge >= 0.3 is 5.97 Å². The van der Waals surface area contributed by atoms with Crippen molar-refractivity contribution in [2.45, 2.75) is 32.6 Å². The molecule has 0 spiro atoms. The normalized spacial score (nSPS) is 11.8. The molecule has 1 heterocycles. The smallest absolute Gasteiger partial charge is 0.304 e. The lowest BCUT2D eigenvalue weighted by molar-refractivity contribution is -0.138. The molecule has 1 aromatic heterocycles. The number of methoxy groups -OCH3 is 1. The van der Waals surface area contributed by atoms with Gasteiger partial charge in [0, 0.05) is 17.0 Å². The molecular weight excluding hydrogens is 242 g/mol. The zero-order valence-corrected chi connectivity index (χ0v) is 11.7. The molecule has 0 amide bonds. The number of carbonyl (C=O) groups is 1. The Hall–Kier alpha value is -1.97. The first kappa shape index (κ1) is 13.5. The highest BCUT2D eigenvalue weighted by atomic mass is 16.5. The highest BCUT2D eigenvalue weighted by Gasteiger charge is 2.27. The maximum absolute atomic E-state index is 11.0. The number of aryl methyl sites for hydroxylation is 1. The standard InChI is InChI=1S/C15H19NO3/c1-9-5-10-11(15(2,3)7-13(17)18)8-16-14(10)12(6-9)19-4/h5-6,8,16H,7H2,1-4H3,(H,17,18). The Morgan fingerprint density at radius 1 is 1.42 bits per heavy atom. The van der Waals surface area contributed by atoms with Crippen molar-refractivity contribution in [1.82, 2.24) is 4.98 Å². The maximum atomic E-state index is 11.0. The molecule has 0 saturated heterocycles. The van der Waals surface area contributed by atoms with E-state index in [9.17, 15) is 4.79 Å². The molecular formula is C15H19NO3. The summed E-state index contributed by atoms with van der Waals surface area (Å²) >= 11 is 0. The molecule has 0 bridgehead atoms. The lowest BCUT2D eigenvalue weighted by Crippen LogP contribution is -2.21. The number of hydrogen-bond donors (Lipinski definition) is 2. The minimum atomic E-state index is -0.793. The number of aromatic nitrogens is 1. The highest BCUT2D eigenvalue weighted by Crippen LogP contribution is 2.36. The molecule has 0 atom stereocenters. The molecule has 0 aliphatic carbocycles. The zero-order valence-electron chi connectivity index (χ0n) is 11.7. The van der Waals surface area contributed by atoms with Crippen LogP contribution in [0.2, 0.25) is 0 Å². The van der Waals surface area contributed by atoms with Gasteiger partial charge in [0.05, 0.1) is 19.0 Å². The van der Waals surface area contributed by atoms with Gasteiger partial charge in [-0.05, 0) is 30.2 Å². The fourth-order valence-corrected chi connectivity index (χ4v) is 2.53. The van der Waals surface area contributed by atoms with E-state index in [0.29, 0.717) is 0 Å². The van der Waals surface area contributed by atoms with Crippen molar-refractivity contribution < 1.29 is 14.6 Å². The van der Waals surface area contributed by atoms with Crippen molar-refractivity contribution >= 4 is 16.9 Å². The van der Waals surface area contributed by atoms with Crippen LogP contribution >= 0.6 is 0 Å². The molecule has 19 heavy (non-hydrogen) atoms. The summed E-state index contributed by atoms with van der Waals surface area (Å²) in [4.78, 5) is 14.2. The van der Waals surface area contributed by atoms with Crippen molar-refractivity contribution in [3.05, 3.63) is 29.5 Å². The predicted octanol–water partition coefficient (Wildman–Crippen LogP) is 3.24. The van der Waals surface area contributed by atoms with Gasteiger partial charge in [0.25, 0.3) is 0 Å². The summed E-state index contributed by atoms with van der Waals surface area (Å²) in [5, 5.41) is 10.1. The molecule has 0 unspecified atom stereocenters. The summed E-state index contributed by atoms with van der Waals surface area (Å²) in [6.07, 6.45) is 1.98. The van der Waals surface area contributed by atoms with Gasteiger partial charge in [-0.25, -0.2) is 0 Å². The third kappa shape index (κ3) is 2.43. The van der Waals surface area contributed by atoms with E-state index in [0.717, 1.165) is 27.8 Å². The molecule has 2 rings (SSSR count). The SMILES string of the molecule is COc1cc(C)cc2c(C(C)(C)CC(=O)O)c[nH]c12. The van der Waals surface area contributed by atoms with Gasteiger partial charge in [-0.2, -0.15) is 0 Å². The van der Waals surface area contributed by atoms with Crippen LogP contribution in [0.25, 0.3) is 10.9 Å². The van der Waals surface area contributed by atoms with Gasteiger partial charge in [0.1, 0.15) is 5.75 Å². The summed E-state index contributed by atoms with van der Waals surface area (Å²) in [6, 6.07) is 4.03. The van der Waals surface area contributed by atoms with E-state index in [4.69, 9.17) is 9.84 Å². The van der Waals surface area contributed by atoms with Crippen LogP contribution in [0.3, 0.4) is 0 Å². The number of carboxylic acids is 1. The monoisotopic (exact) mass is 261 g/mol. The fraction of sp³-hybridized carbons (Fsp3) is 0.400. The second kappa shape index (κ2) is 4.61. The Morgan fingerprint density at radius 3 is 2.68 bits per heavy atom. The third-order valence-electron chi connectivity index (χ3n) is 3.44. The first-order valence-corrected chi connectivity index (χ1v) is 6.23. The molecule has 0 aliphatic heterocycles. The molecule has 102 valence electrons. The molecule has 4 heteroatoms. The number of rotatable bonds is 4. The highest BCUT2D eigenvalue weighted by molar-refractivity contribution is 5.90. The molecule has 1 aromatic carbocycles. The minimum absolute atomic E-state index is 0.0935. The first-order valence-electron chi connectivity index (χ1n) is 6.23. The average molecular weight is 261 g/mol. The van der Waals surface area contributed by atoms with Crippen molar-refractivity contribution in [1.29, 1.82) is 0 Å². The van der Waals surface area contributed by atoms with Crippen molar-refractivity contribution in [3.63, 3.8) is 0 Å².